The number of fused-ring (bicyclic) bond motifs is 1. The second-order valence-corrected chi connectivity index (χ2v) is 11.7. The Kier molecular flexibility index (Phi) is 5.82. The summed E-state index contributed by atoms with van der Waals surface area (Å²) >= 11 is 6.37. The fourth-order valence-corrected chi connectivity index (χ4v) is 4.97. The van der Waals surface area contributed by atoms with Gasteiger partial charge in [0.05, 0.1) is 23.1 Å². The van der Waals surface area contributed by atoms with Crippen molar-refractivity contribution in [1.82, 2.24) is 20.2 Å². The van der Waals surface area contributed by atoms with Crippen LogP contribution >= 0.6 is 18.7 Å². The van der Waals surface area contributed by atoms with Gasteiger partial charge in [-0.05, 0) is 49.7 Å². The van der Waals surface area contributed by atoms with Gasteiger partial charge in [-0.1, -0.05) is 48.0 Å². The summed E-state index contributed by atoms with van der Waals surface area (Å²) in [6, 6.07) is 24.0. The van der Waals surface area contributed by atoms with Crippen molar-refractivity contribution >= 4 is 58.1 Å². The zero-order chi connectivity index (χ0) is 23.7. The van der Waals surface area contributed by atoms with E-state index in [2.05, 4.69) is 36.9 Å². The first-order valence-corrected chi connectivity index (χ1v) is 13.5. The Hall–Kier alpha value is -3.67. The van der Waals surface area contributed by atoms with Gasteiger partial charge in [-0.25, -0.2) is 4.98 Å². The summed E-state index contributed by atoms with van der Waals surface area (Å²) in [5.74, 6) is 0.796. The third kappa shape index (κ3) is 4.53. The lowest BCUT2D eigenvalue weighted by Crippen LogP contribution is -2.10. The van der Waals surface area contributed by atoms with Crippen LogP contribution in [0.5, 0.6) is 0 Å². The SMILES string of the molecule is CP(C)(=O)c1ccccc1Nc1nc(Nc2ccc3[nH]nc(-c4cc[c]cc4)c3c2)ncc1Cl. The molecule has 0 atom stereocenters. The number of aromatic nitrogens is 4. The molecule has 2 aromatic heterocycles. The van der Waals surface area contributed by atoms with Crippen LogP contribution < -0.4 is 15.9 Å². The minimum Gasteiger partial charge on any atom is -0.338 e. The van der Waals surface area contributed by atoms with Gasteiger partial charge in [-0.3, -0.25) is 5.10 Å². The van der Waals surface area contributed by atoms with Gasteiger partial charge in [0.25, 0.3) is 0 Å². The molecular weight excluding hydrogens is 467 g/mol. The Morgan fingerprint density at radius 2 is 1.82 bits per heavy atom. The molecular formula is C25H21ClN6OP. The Labute approximate surface area is 202 Å². The summed E-state index contributed by atoms with van der Waals surface area (Å²) in [6.07, 6.45) is 1.53. The summed E-state index contributed by atoms with van der Waals surface area (Å²) < 4.78 is 12.7. The minimum atomic E-state index is -2.50. The maximum absolute atomic E-state index is 12.7. The molecule has 0 aliphatic carbocycles. The third-order valence-corrected chi connectivity index (χ3v) is 7.12. The van der Waals surface area contributed by atoms with Gasteiger partial charge in [0.2, 0.25) is 5.95 Å². The van der Waals surface area contributed by atoms with Gasteiger partial charge in [0.15, 0.2) is 5.82 Å². The van der Waals surface area contributed by atoms with Crippen molar-refractivity contribution in [1.29, 1.82) is 0 Å². The highest BCUT2D eigenvalue weighted by molar-refractivity contribution is 7.70. The van der Waals surface area contributed by atoms with E-state index >= 15 is 0 Å². The van der Waals surface area contributed by atoms with E-state index in [1.165, 1.54) is 6.20 Å². The molecule has 0 unspecified atom stereocenters. The molecule has 1 radical (unpaired) electrons. The first-order chi connectivity index (χ1) is 16.4. The fourth-order valence-electron chi connectivity index (χ4n) is 3.68. The van der Waals surface area contributed by atoms with E-state index in [1.807, 2.05) is 66.7 Å². The van der Waals surface area contributed by atoms with E-state index in [0.29, 0.717) is 22.5 Å². The minimum absolute atomic E-state index is 0.357. The van der Waals surface area contributed by atoms with Gasteiger partial charge in [0, 0.05) is 21.9 Å². The Morgan fingerprint density at radius 1 is 1.03 bits per heavy atom. The Balaban J connectivity index is 1.45. The fraction of sp³-hybridized carbons (Fsp3) is 0.0800. The number of para-hydroxylation sites is 1. The molecule has 0 spiro atoms. The Morgan fingerprint density at radius 3 is 2.62 bits per heavy atom. The molecule has 7 nitrogen and oxygen atoms in total. The quantitative estimate of drug-likeness (QED) is 0.246. The van der Waals surface area contributed by atoms with Crippen molar-refractivity contribution < 1.29 is 4.57 Å². The molecule has 3 N–H and O–H groups in total. The number of H-pyrrole nitrogens is 1. The number of rotatable bonds is 6. The lowest BCUT2D eigenvalue weighted by molar-refractivity contribution is 0.588. The smallest absolute Gasteiger partial charge is 0.229 e. The zero-order valence-corrected chi connectivity index (χ0v) is 20.2. The number of benzene rings is 3. The summed E-state index contributed by atoms with van der Waals surface area (Å²) in [5.41, 5.74) is 4.28. The highest BCUT2D eigenvalue weighted by Gasteiger charge is 2.17. The molecule has 0 fully saturated rings. The number of halogens is 1. The lowest BCUT2D eigenvalue weighted by Gasteiger charge is -2.15. The summed E-state index contributed by atoms with van der Waals surface area (Å²) in [6.45, 7) is 3.46. The highest BCUT2D eigenvalue weighted by Crippen LogP contribution is 2.38. The van der Waals surface area contributed by atoms with Gasteiger partial charge >= 0.3 is 0 Å². The van der Waals surface area contributed by atoms with E-state index in [0.717, 1.165) is 33.2 Å². The topological polar surface area (TPSA) is 95.6 Å². The van der Waals surface area contributed by atoms with Crippen molar-refractivity contribution in [2.75, 3.05) is 24.0 Å². The van der Waals surface area contributed by atoms with Crippen molar-refractivity contribution in [2.45, 2.75) is 0 Å². The molecule has 0 saturated carbocycles. The van der Waals surface area contributed by atoms with Gasteiger partial charge in [-0.15, -0.1) is 0 Å². The van der Waals surface area contributed by atoms with E-state index in [-0.39, 0.29) is 0 Å². The predicted octanol–water partition coefficient (Wildman–Crippen LogP) is 6.21. The predicted molar refractivity (Wildman–Crippen MR) is 140 cm³/mol. The van der Waals surface area contributed by atoms with E-state index < -0.39 is 7.14 Å². The monoisotopic (exact) mass is 487 g/mol. The molecule has 9 heteroatoms. The number of nitrogens with one attached hydrogen (secondary N) is 3. The molecule has 0 saturated heterocycles. The second kappa shape index (κ2) is 8.93. The van der Waals surface area contributed by atoms with Crippen LogP contribution in [0.1, 0.15) is 0 Å². The van der Waals surface area contributed by atoms with E-state index in [1.54, 1.807) is 13.3 Å². The van der Waals surface area contributed by atoms with Crippen LogP contribution in [0.15, 0.2) is 72.9 Å². The van der Waals surface area contributed by atoms with Gasteiger partial charge < -0.3 is 15.2 Å². The Bertz CT molecular complexity index is 1530. The van der Waals surface area contributed by atoms with Crippen LogP contribution in [0.25, 0.3) is 22.2 Å². The third-order valence-electron chi connectivity index (χ3n) is 5.29. The van der Waals surface area contributed by atoms with Gasteiger partial charge in [0.1, 0.15) is 12.2 Å². The molecule has 0 bridgehead atoms. The maximum Gasteiger partial charge on any atom is 0.229 e. The van der Waals surface area contributed by atoms with Crippen molar-refractivity contribution in [3.63, 3.8) is 0 Å². The molecule has 34 heavy (non-hydrogen) atoms. The van der Waals surface area contributed by atoms with Crippen LogP contribution in [-0.2, 0) is 4.57 Å². The molecule has 5 aromatic rings. The van der Waals surface area contributed by atoms with Crippen molar-refractivity contribution in [3.05, 3.63) is 84.0 Å². The lowest BCUT2D eigenvalue weighted by atomic mass is 10.1. The van der Waals surface area contributed by atoms with Crippen LogP contribution in [-0.4, -0.2) is 33.5 Å². The number of aromatic amines is 1. The molecule has 0 amide bonds. The van der Waals surface area contributed by atoms with Crippen LogP contribution in [0.3, 0.4) is 0 Å². The molecule has 0 aliphatic heterocycles. The first kappa shape index (κ1) is 22.1. The van der Waals surface area contributed by atoms with Crippen molar-refractivity contribution in [3.8, 4) is 11.3 Å². The first-order valence-electron chi connectivity index (χ1n) is 10.5. The number of hydrogen-bond donors (Lipinski definition) is 3. The summed E-state index contributed by atoms with van der Waals surface area (Å²) in [5, 5.41) is 16.1. The number of nitrogens with zero attached hydrogens (tertiary/aromatic N) is 3. The molecule has 0 aliphatic rings. The molecule has 2 heterocycles. The normalized spacial score (nSPS) is 11.5. The molecule has 5 rings (SSSR count). The number of anilines is 4. The summed E-state index contributed by atoms with van der Waals surface area (Å²) in [7, 11) is -2.50. The highest BCUT2D eigenvalue weighted by atomic mass is 35.5. The summed E-state index contributed by atoms with van der Waals surface area (Å²) in [4.78, 5) is 8.87. The average molecular weight is 488 g/mol. The number of hydrogen-bond acceptors (Lipinski definition) is 6. The van der Waals surface area contributed by atoms with E-state index in [9.17, 15) is 4.57 Å². The molecule has 169 valence electrons. The largest absolute Gasteiger partial charge is 0.338 e. The van der Waals surface area contributed by atoms with Crippen LogP contribution in [0.2, 0.25) is 5.02 Å². The second-order valence-electron chi connectivity index (χ2n) is 8.13. The van der Waals surface area contributed by atoms with Crippen LogP contribution in [0, 0.1) is 6.07 Å². The van der Waals surface area contributed by atoms with Gasteiger partial charge in [-0.2, -0.15) is 10.1 Å². The van der Waals surface area contributed by atoms with Crippen molar-refractivity contribution in [2.24, 2.45) is 0 Å². The maximum atomic E-state index is 12.7. The zero-order valence-electron chi connectivity index (χ0n) is 18.5. The van der Waals surface area contributed by atoms with E-state index in [4.69, 9.17) is 11.6 Å². The average Bonchev–Trinajstić information content (AvgIpc) is 3.25. The standard InChI is InChI=1S/C25H21ClN6OP/c1-34(2,33)22-11-7-6-10-21(22)29-24-19(26)15-27-25(30-24)28-17-12-13-20-18(14-17)23(32-31-20)16-8-4-3-5-9-16/h4-15H,1-2H3,(H,31,32)(H2,27,28,29,30). The molecule has 3 aromatic carbocycles. The van der Waals surface area contributed by atoms with Crippen LogP contribution in [0.4, 0.5) is 23.1 Å².